The van der Waals surface area contributed by atoms with Crippen molar-refractivity contribution in [2.45, 2.75) is 24.6 Å². The van der Waals surface area contributed by atoms with Gasteiger partial charge in [0, 0.05) is 5.56 Å². The van der Waals surface area contributed by atoms with E-state index < -0.39 is 45.4 Å². The van der Waals surface area contributed by atoms with Crippen molar-refractivity contribution >= 4 is 31.1 Å². The van der Waals surface area contributed by atoms with E-state index in [-0.39, 0.29) is 17.0 Å². The Labute approximate surface area is 168 Å². The molecule has 0 saturated carbocycles. The smallest absolute Gasteiger partial charge is 0.488 e. The Morgan fingerprint density at radius 2 is 2.13 bits per heavy atom. The van der Waals surface area contributed by atoms with E-state index in [0.717, 1.165) is 11.0 Å². The van der Waals surface area contributed by atoms with E-state index in [1.165, 1.54) is 0 Å². The molecule has 1 aromatic carbocycles. The minimum Gasteiger partial charge on any atom is -0.566 e. The third-order valence-electron chi connectivity index (χ3n) is 4.42. The number of aliphatic hydroxyl groups excluding tert-OH is 1. The monoisotopic (exact) mass is 436 g/mol. The number of fused-ring (bicyclic) bond motifs is 1. The lowest BCUT2D eigenvalue weighted by Crippen LogP contribution is -2.32. The molecule has 4 rings (SSSR count). The van der Waals surface area contributed by atoms with Crippen LogP contribution in [0, 0.1) is 0 Å². The maximum absolute atomic E-state index is 14.8. The van der Waals surface area contributed by atoms with Crippen molar-refractivity contribution in [2.75, 3.05) is 11.9 Å². The molecule has 3 aromatic rings. The summed E-state index contributed by atoms with van der Waals surface area (Å²) in [5.74, 6) is -0.402. The molecule has 5 atom stereocenters. The quantitative estimate of drug-likeness (QED) is 0.507. The topological polar surface area (TPSA) is 164 Å². The second-order valence-electron chi connectivity index (χ2n) is 6.23. The normalized spacial score (nSPS) is 24.2. The standard InChI is InChI=1S/C16H14FN6O6P/c17-10-12(29-30(26)27)9(6-24)28-16(10)23-14-11(21-22-23)13(18-7-19-14)20-15(25)8-4-2-1-3-5-8/h1-5,7,9-10,12,16,24H,6H2,(H,18,19,20,25)/t9-,10+,12-,16-/m1/s1. The fourth-order valence-corrected chi connectivity index (χ4v) is 3.51. The minimum absolute atomic E-state index is 0.0323. The number of nitrogens with zero attached hydrogens (tertiary/aromatic N) is 5. The summed E-state index contributed by atoms with van der Waals surface area (Å²) in [5.41, 5.74) is 0.486. The molecule has 1 unspecified atom stereocenters. The molecule has 1 fully saturated rings. The lowest BCUT2D eigenvalue weighted by atomic mass is 10.1. The Hall–Kier alpha value is -2.96. The van der Waals surface area contributed by atoms with E-state index >= 15 is 0 Å². The largest absolute Gasteiger partial charge is 0.566 e. The van der Waals surface area contributed by atoms with Crippen LogP contribution >= 0.6 is 8.25 Å². The van der Waals surface area contributed by atoms with Crippen molar-refractivity contribution in [3.05, 3.63) is 42.2 Å². The van der Waals surface area contributed by atoms with Gasteiger partial charge in [-0.25, -0.2) is 14.4 Å². The van der Waals surface area contributed by atoms with Crippen LogP contribution in [0.5, 0.6) is 0 Å². The van der Waals surface area contributed by atoms with Crippen LogP contribution in [-0.4, -0.2) is 61.0 Å². The summed E-state index contributed by atoms with van der Waals surface area (Å²) in [5, 5.41) is 19.6. The van der Waals surface area contributed by atoms with Crippen molar-refractivity contribution < 1.29 is 33.0 Å². The van der Waals surface area contributed by atoms with Gasteiger partial charge in [-0.1, -0.05) is 23.4 Å². The van der Waals surface area contributed by atoms with E-state index in [1.807, 2.05) is 0 Å². The molecule has 1 amide bonds. The van der Waals surface area contributed by atoms with Crippen LogP contribution in [0.1, 0.15) is 16.6 Å². The number of aliphatic hydroxyl groups is 1. The summed E-state index contributed by atoms with van der Waals surface area (Å²) < 4.78 is 36.6. The van der Waals surface area contributed by atoms with E-state index in [2.05, 4.69) is 30.1 Å². The Bertz CT molecular complexity index is 1080. The van der Waals surface area contributed by atoms with Crippen LogP contribution in [0.3, 0.4) is 0 Å². The number of anilines is 1. The van der Waals surface area contributed by atoms with Gasteiger partial charge in [-0.2, -0.15) is 4.68 Å². The van der Waals surface area contributed by atoms with Gasteiger partial charge >= 0.3 is 8.25 Å². The third-order valence-corrected chi connectivity index (χ3v) is 4.84. The highest BCUT2D eigenvalue weighted by atomic mass is 31.1. The van der Waals surface area contributed by atoms with Gasteiger partial charge in [0.1, 0.15) is 12.4 Å². The fourth-order valence-electron chi connectivity index (χ4n) is 3.06. The summed E-state index contributed by atoms with van der Waals surface area (Å²) in [4.78, 5) is 31.2. The van der Waals surface area contributed by atoms with Gasteiger partial charge in [0.2, 0.25) is 0 Å². The van der Waals surface area contributed by atoms with E-state index in [1.54, 1.807) is 30.3 Å². The highest BCUT2D eigenvalue weighted by molar-refractivity contribution is 7.30. The zero-order valence-electron chi connectivity index (χ0n) is 15.0. The minimum atomic E-state index is -3.37. The van der Waals surface area contributed by atoms with Crippen molar-refractivity contribution in [3.8, 4) is 0 Å². The molecule has 1 aliphatic heterocycles. The highest BCUT2D eigenvalue weighted by Gasteiger charge is 2.51. The number of ether oxygens (including phenoxy) is 1. The predicted molar refractivity (Wildman–Crippen MR) is 95.9 cm³/mol. The van der Waals surface area contributed by atoms with Crippen LogP contribution in [0.4, 0.5) is 10.2 Å². The number of carbonyl (C=O) groups excluding carboxylic acids is 1. The zero-order chi connectivity index (χ0) is 21.3. The molecule has 12 nitrogen and oxygen atoms in total. The molecule has 14 heteroatoms. The molecule has 1 saturated heterocycles. The molecular formula is C16H14FN6O6P. The molecule has 2 N–H and O–H groups in total. The maximum Gasteiger partial charge on any atom is 0.488 e. The first-order valence-corrected chi connectivity index (χ1v) is 9.73. The van der Waals surface area contributed by atoms with Crippen LogP contribution in [-0.2, 0) is 13.8 Å². The van der Waals surface area contributed by atoms with Gasteiger partial charge in [-0.3, -0.25) is 4.79 Å². The van der Waals surface area contributed by atoms with Gasteiger partial charge in [0.25, 0.3) is 5.91 Å². The molecule has 0 radical (unpaired) electrons. The van der Waals surface area contributed by atoms with Gasteiger partial charge in [-0.05, 0) is 16.7 Å². The Morgan fingerprint density at radius 1 is 1.37 bits per heavy atom. The second-order valence-corrected chi connectivity index (χ2v) is 6.89. The average molecular weight is 436 g/mol. The summed E-state index contributed by atoms with van der Waals surface area (Å²) in [6, 6.07) is 8.39. The summed E-state index contributed by atoms with van der Waals surface area (Å²) in [6.07, 6.45) is -5.12. The number of amides is 1. The van der Waals surface area contributed by atoms with Gasteiger partial charge in [0.15, 0.2) is 35.5 Å². The van der Waals surface area contributed by atoms with Crippen molar-refractivity contribution in [1.82, 2.24) is 25.0 Å². The number of nitrogens with one attached hydrogen (secondary N) is 1. The number of aromatic nitrogens is 5. The number of hydrogen-bond donors (Lipinski definition) is 2. The van der Waals surface area contributed by atoms with Crippen LogP contribution in [0.15, 0.2) is 36.7 Å². The van der Waals surface area contributed by atoms with Crippen molar-refractivity contribution in [1.29, 1.82) is 0 Å². The first-order valence-electron chi connectivity index (χ1n) is 8.63. The molecule has 3 heterocycles. The van der Waals surface area contributed by atoms with Crippen LogP contribution in [0.2, 0.25) is 0 Å². The Kier molecular flexibility index (Phi) is 5.70. The molecule has 156 valence electrons. The maximum atomic E-state index is 14.8. The average Bonchev–Trinajstić information content (AvgIpc) is 3.30. The van der Waals surface area contributed by atoms with Crippen LogP contribution in [0.25, 0.3) is 11.2 Å². The first-order chi connectivity index (χ1) is 14.5. The number of alkyl halides is 1. The molecule has 2 aromatic heterocycles. The SMILES string of the molecule is O=C(Nc1ncnc2c1nnn2[C@@H]1O[C@H](CO)[C@@H](O[P+](=O)[O-])[C@@H]1F)c1ccccc1. The van der Waals surface area contributed by atoms with Crippen LogP contribution < -0.4 is 10.2 Å². The van der Waals surface area contributed by atoms with Gasteiger partial charge in [0.05, 0.1) is 6.61 Å². The fraction of sp³-hybridized carbons (Fsp3) is 0.312. The second kappa shape index (κ2) is 8.42. The summed E-state index contributed by atoms with van der Waals surface area (Å²) in [6.45, 7) is -0.676. The summed E-state index contributed by atoms with van der Waals surface area (Å²) in [7, 11) is -3.37. The van der Waals surface area contributed by atoms with E-state index in [4.69, 9.17) is 4.74 Å². The lowest BCUT2D eigenvalue weighted by molar-refractivity contribution is -0.192. The molecule has 0 bridgehead atoms. The molecule has 0 spiro atoms. The van der Waals surface area contributed by atoms with Crippen molar-refractivity contribution in [3.63, 3.8) is 0 Å². The first kappa shape index (κ1) is 20.3. The van der Waals surface area contributed by atoms with Crippen molar-refractivity contribution in [2.24, 2.45) is 0 Å². The summed E-state index contributed by atoms with van der Waals surface area (Å²) >= 11 is 0. The number of benzene rings is 1. The highest BCUT2D eigenvalue weighted by Crippen LogP contribution is 2.37. The van der Waals surface area contributed by atoms with E-state index in [9.17, 15) is 23.7 Å². The number of carbonyl (C=O) groups is 1. The Morgan fingerprint density at radius 3 is 2.83 bits per heavy atom. The number of rotatable bonds is 6. The van der Waals surface area contributed by atoms with Gasteiger partial charge < -0.3 is 20.1 Å². The van der Waals surface area contributed by atoms with E-state index in [0.29, 0.717) is 5.56 Å². The number of halogens is 1. The molecule has 30 heavy (non-hydrogen) atoms. The Balaban J connectivity index is 1.63. The lowest BCUT2D eigenvalue weighted by Gasteiger charge is -2.13. The van der Waals surface area contributed by atoms with Gasteiger partial charge in [-0.15, -0.1) is 9.62 Å². The molecule has 1 aliphatic rings. The predicted octanol–water partition coefficient (Wildman–Crippen LogP) is 0.104. The third kappa shape index (κ3) is 3.76. The molecule has 0 aliphatic carbocycles. The number of hydrogen-bond acceptors (Lipinski definition) is 10. The molecular weight excluding hydrogens is 422 g/mol. The zero-order valence-corrected chi connectivity index (χ0v) is 15.9.